The molecule has 30 heteroatoms. The van der Waals surface area contributed by atoms with Crippen molar-refractivity contribution in [1.29, 1.82) is 0 Å². The zero-order valence-electron chi connectivity index (χ0n) is 49.6. The van der Waals surface area contributed by atoms with Gasteiger partial charge in [0.1, 0.15) is 28.2 Å². The molecule has 0 unspecified atom stereocenters. The van der Waals surface area contributed by atoms with Crippen LogP contribution in [0.2, 0.25) is 5.15 Å². The average Bonchev–Trinajstić information content (AvgIpc) is 1.67. The van der Waals surface area contributed by atoms with E-state index in [9.17, 15) is 28.8 Å². The first-order valence-electron chi connectivity index (χ1n) is 28.6. The molecule has 5 aliphatic heterocycles. The summed E-state index contributed by atoms with van der Waals surface area (Å²) in [4.78, 5) is 77.4. The van der Waals surface area contributed by atoms with E-state index in [4.69, 9.17) is 38.1 Å². The number of hydrogen-bond acceptors (Lipinski definition) is 23. The van der Waals surface area contributed by atoms with Crippen LogP contribution in [0.15, 0.2) is 181 Å². The highest BCUT2D eigenvalue weighted by Gasteiger charge is 2.30. The highest BCUT2D eigenvalue weighted by molar-refractivity contribution is 6.31. The lowest BCUT2D eigenvalue weighted by atomic mass is 10.0. The quantitative estimate of drug-likeness (QED) is 0.0911. The molecule has 0 atom stereocenters. The van der Waals surface area contributed by atoms with E-state index in [2.05, 4.69) is 93.2 Å². The van der Waals surface area contributed by atoms with Crippen molar-refractivity contribution in [1.82, 2.24) is 77.1 Å². The number of carbonyl (C=O) groups excluding carboxylic acids is 3. The van der Waals surface area contributed by atoms with Crippen molar-refractivity contribution in [3.05, 3.63) is 233 Å². The van der Waals surface area contributed by atoms with Crippen molar-refractivity contribution in [2.24, 2.45) is 9.98 Å². The Balaban J connectivity index is 0.000000102. The van der Waals surface area contributed by atoms with E-state index < -0.39 is 11.1 Å². The molecule has 3 amide bonds. The molecule has 0 saturated carbocycles. The topological polar surface area (TPSA) is 405 Å². The molecule has 6 aliphatic rings. The molecule has 6 N–H and O–H groups in total. The predicted octanol–water partition coefficient (Wildman–Crippen LogP) is 8.29. The number of halogens is 1. The number of carbonyl (C=O) groups is 3. The third kappa shape index (κ3) is 11.8. The molecular weight excluding hydrogens is 1230 g/mol. The fourth-order valence-electron chi connectivity index (χ4n) is 11.0. The van der Waals surface area contributed by atoms with Crippen LogP contribution in [0.3, 0.4) is 0 Å². The Morgan fingerprint density at radius 2 is 0.787 bits per heavy atom. The second kappa shape index (κ2) is 26.0. The lowest BCUT2D eigenvalue weighted by Gasteiger charge is -2.06. The van der Waals surface area contributed by atoms with Crippen molar-refractivity contribution >= 4 is 46.3 Å². The summed E-state index contributed by atoms with van der Waals surface area (Å²) in [6, 6.07) is 10.8. The van der Waals surface area contributed by atoms with E-state index >= 15 is 0 Å². The molecule has 29 nitrogen and oxygen atoms in total. The molecule has 0 radical (unpaired) electrons. The van der Waals surface area contributed by atoms with Crippen molar-refractivity contribution in [2.45, 2.75) is 59.9 Å². The Labute approximate surface area is 532 Å². The highest BCUT2D eigenvalue weighted by Crippen LogP contribution is 2.37. The standard InChI is InChI=1S/C12H9ClN2O.C11H9N3O2.C11H9N3O.2C10H7N3O3.C10H7N3O2/c1-7-2-3-9-10(7)12(13)15-14-11(9)8-4-5-16-6-8;1-6-9-8(4-12-6)10(13-14-11(9)15)7-2-3-16-5-7;1-7-9-5-13-14-11(10(9)4-12-7)8-2-3-15-6-8;2*14-9-7-6(3-11-9)8(12-13-10(7)15)5-1-2-16-4-5;14-10-8-4-12-13-9(7(8)3-11-10)6-1-2-15-5-6/h2,4-6H,3H2,1H3;2-3,5H,4H2,1H3,(H,14,15);2-3,5-6H,4H2,1H3;2*1-2,4H,3H2,(H,11,14)(H,13,15);1-2,4-5H,3H2,(H,11,14). The van der Waals surface area contributed by atoms with Crippen LogP contribution in [0.1, 0.15) is 102 Å². The fourth-order valence-corrected chi connectivity index (χ4v) is 11.3. The number of H-pyrrole nitrogens is 3. The maximum Gasteiger partial charge on any atom is 0.277 e. The molecule has 12 aromatic heterocycles. The molecule has 0 bridgehead atoms. The number of nitrogens with one attached hydrogen (secondary N) is 6. The smallest absolute Gasteiger partial charge is 0.277 e. The Bertz CT molecular complexity index is 4980. The molecule has 0 spiro atoms. The normalized spacial score (nSPS) is 13.7. The molecule has 18 rings (SSSR count). The first-order chi connectivity index (χ1) is 45.8. The second-order valence-corrected chi connectivity index (χ2v) is 21.5. The number of aromatic amines is 3. The summed E-state index contributed by atoms with van der Waals surface area (Å²) in [6.07, 6.45) is 25.3. The maximum atomic E-state index is 11.6. The van der Waals surface area contributed by atoms with Crippen LogP contribution in [0, 0.1) is 0 Å². The van der Waals surface area contributed by atoms with E-state index in [0.717, 1.165) is 102 Å². The van der Waals surface area contributed by atoms with Crippen LogP contribution in [-0.4, -0.2) is 90.3 Å². The van der Waals surface area contributed by atoms with Gasteiger partial charge < -0.3 is 42.5 Å². The third-order valence-electron chi connectivity index (χ3n) is 15.6. The molecule has 94 heavy (non-hydrogen) atoms. The number of hydrogen-bond donors (Lipinski definition) is 6. The molecular formula is C64H48ClN17O12. The van der Waals surface area contributed by atoms with Gasteiger partial charge in [-0.1, -0.05) is 17.7 Å². The first kappa shape index (κ1) is 60.3. The van der Waals surface area contributed by atoms with Gasteiger partial charge in [0.25, 0.3) is 34.4 Å². The lowest BCUT2D eigenvalue weighted by Crippen LogP contribution is -2.21. The van der Waals surface area contributed by atoms with Crippen LogP contribution in [0.4, 0.5) is 0 Å². The SMILES string of the molecule is CC1=CCc2c(-c3ccoc3)nnc(Cl)c21.CC1=NCc2c(-c3ccoc3)n[nH]c(=O)c21.CC1=NCc2c1cnnc2-c1ccoc1.O=C1NCc2c(-c3ccoc3)n[nH]c(=O)c21.O=C1NCc2c(-c3ccoc3)n[nH]c(=O)c21.O=C1NCc2c1cnnc2-c1ccoc1. The minimum atomic E-state index is -0.461. The van der Waals surface area contributed by atoms with Gasteiger partial charge in [-0.15, -0.1) is 10.2 Å². The summed E-state index contributed by atoms with van der Waals surface area (Å²) in [5.74, 6) is -0.809. The molecule has 0 fully saturated rings. The number of nitrogens with zero attached hydrogens (tertiary/aromatic N) is 11. The number of amides is 3. The van der Waals surface area contributed by atoms with E-state index in [-0.39, 0.29) is 34.4 Å². The van der Waals surface area contributed by atoms with Crippen LogP contribution < -0.4 is 32.6 Å². The van der Waals surface area contributed by atoms with Gasteiger partial charge in [-0.25, -0.2) is 15.3 Å². The summed E-state index contributed by atoms with van der Waals surface area (Å²) in [5, 5.41) is 51.6. The van der Waals surface area contributed by atoms with Gasteiger partial charge in [-0.05, 0) is 74.7 Å². The van der Waals surface area contributed by atoms with Gasteiger partial charge in [-0.3, -0.25) is 38.8 Å². The second-order valence-electron chi connectivity index (χ2n) is 21.1. The van der Waals surface area contributed by atoms with Gasteiger partial charge in [0, 0.05) is 103 Å². The van der Waals surface area contributed by atoms with Gasteiger partial charge in [0.15, 0.2) is 5.15 Å². The average molecular weight is 1280 g/mol. The summed E-state index contributed by atoms with van der Waals surface area (Å²) >= 11 is 6.06. The number of aromatic nitrogens is 12. The van der Waals surface area contributed by atoms with Gasteiger partial charge in [0.05, 0.1) is 129 Å². The lowest BCUT2D eigenvalue weighted by molar-refractivity contribution is 0.0956. The molecule has 12 aromatic rings. The summed E-state index contributed by atoms with van der Waals surface area (Å²) in [5.41, 5.74) is 20.2. The first-order valence-corrected chi connectivity index (χ1v) is 29.0. The molecule has 0 aromatic carbocycles. The van der Waals surface area contributed by atoms with Crippen LogP contribution in [0.25, 0.3) is 73.1 Å². The fraction of sp³-hybridized carbons (Fsp3) is 0.141. The molecule has 1 aliphatic carbocycles. The van der Waals surface area contributed by atoms with Crippen molar-refractivity contribution in [3.8, 4) is 67.5 Å². The van der Waals surface area contributed by atoms with Crippen molar-refractivity contribution < 1.29 is 40.9 Å². The van der Waals surface area contributed by atoms with Crippen molar-refractivity contribution in [2.75, 3.05) is 0 Å². The number of allylic oxidation sites excluding steroid dienone is 2. The number of rotatable bonds is 6. The Morgan fingerprint density at radius 3 is 1.27 bits per heavy atom. The van der Waals surface area contributed by atoms with Gasteiger partial charge in [0.2, 0.25) is 0 Å². The molecule has 0 saturated heterocycles. The Morgan fingerprint density at radius 1 is 0.394 bits per heavy atom. The minimum Gasteiger partial charge on any atom is -0.472 e. The number of aliphatic imine (C=N–C) groups is 2. The van der Waals surface area contributed by atoms with Crippen LogP contribution in [0.5, 0.6) is 0 Å². The summed E-state index contributed by atoms with van der Waals surface area (Å²) in [6.45, 7) is 8.22. The maximum absolute atomic E-state index is 11.6. The Kier molecular flexibility index (Phi) is 16.7. The van der Waals surface area contributed by atoms with E-state index in [1.165, 1.54) is 36.8 Å². The zero-order valence-corrected chi connectivity index (χ0v) is 50.3. The number of furan rings is 6. The summed E-state index contributed by atoms with van der Waals surface area (Å²) in [7, 11) is 0. The monoisotopic (exact) mass is 1280 g/mol. The van der Waals surface area contributed by atoms with Crippen LogP contribution >= 0.6 is 11.6 Å². The van der Waals surface area contributed by atoms with E-state index in [0.29, 0.717) is 77.2 Å². The van der Waals surface area contributed by atoms with E-state index in [1.807, 2.05) is 39.0 Å². The molecule has 468 valence electrons. The van der Waals surface area contributed by atoms with Gasteiger partial charge in [-0.2, -0.15) is 35.7 Å². The summed E-state index contributed by atoms with van der Waals surface area (Å²) < 4.78 is 30.0. The Hall–Kier alpha value is -12.7. The highest BCUT2D eigenvalue weighted by atomic mass is 35.5. The van der Waals surface area contributed by atoms with E-state index in [1.54, 1.807) is 74.5 Å². The predicted molar refractivity (Wildman–Crippen MR) is 335 cm³/mol. The van der Waals surface area contributed by atoms with Crippen LogP contribution in [-0.2, 0) is 39.1 Å². The number of fused-ring (bicyclic) bond motifs is 6. The third-order valence-corrected chi connectivity index (χ3v) is 15.9. The zero-order chi connectivity index (χ0) is 65.0. The largest absolute Gasteiger partial charge is 0.472 e. The van der Waals surface area contributed by atoms with Gasteiger partial charge >= 0.3 is 0 Å². The molecule has 17 heterocycles. The van der Waals surface area contributed by atoms with Crippen molar-refractivity contribution in [3.63, 3.8) is 0 Å². The minimum absolute atomic E-state index is 0.0929.